The molecule has 6 nitrogen and oxygen atoms in total. The maximum Gasteiger partial charge on any atom is 0.228 e. The normalized spacial score (nSPS) is 23.5. The molecule has 0 aliphatic carbocycles. The van der Waals surface area contributed by atoms with E-state index in [1.807, 2.05) is 32.9 Å². The van der Waals surface area contributed by atoms with Crippen molar-refractivity contribution in [2.24, 2.45) is 11.8 Å². The Balaban J connectivity index is 1.35. The zero-order chi connectivity index (χ0) is 22.7. The van der Waals surface area contributed by atoms with Gasteiger partial charge in [-0.1, -0.05) is 32.0 Å². The first kappa shape index (κ1) is 22.8. The van der Waals surface area contributed by atoms with Gasteiger partial charge in [-0.25, -0.2) is 0 Å². The van der Waals surface area contributed by atoms with Crippen LogP contribution < -0.4 is 4.90 Å². The Hall–Kier alpha value is -2.37. The molecule has 0 spiro atoms. The van der Waals surface area contributed by atoms with Crippen LogP contribution in [0.1, 0.15) is 70.3 Å². The number of piperidine rings is 2. The number of anilines is 1. The third-order valence-corrected chi connectivity index (χ3v) is 7.67. The fraction of sp³-hybridized carbons (Fsp3) is 0.654. The molecule has 3 heterocycles. The van der Waals surface area contributed by atoms with E-state index in [1.165, 1.54) is 12.0 Å². The maximum atomic E-state index is 13.2. The van der Waals surface area contributed by atoms with Crippen LogP contribution in [0.2, 0.25) is 0 Å². The Bertz CT molecular complexity index is 840. The van der Waals surface area contributed by atoms with Gasteiger partial charge in [0, 0.05) is 50.7 Å². The van der Waals surface area contributed by atoms with Crippen LogP contribution >= 0.6 is 0 Å². The number of para-hydroxylation sites is 1. The van der Waals surface area contributed by atoms with Crippen molar-refractivity contribution in [1.29, 1.82) is 0 Å². The van der Waals surface area contributed by atoms with Crippen LogP contribution in [0.5, 0.6) is 0 Å². The van der Waals surface area contributed by atoms with Gasteiger partial charge in [0.1, 0.15) is 0 Å². The van der Waals surface area contributed by atoms with Gasteiger partial charge in [0.15, 0.2) is 0 Å². The topological polar surface area (TPSA) is 60.9 Å². The Morgan fingerprint density at radius 3 is 2.25 bits per heavy atom. The predicted molar refractivity (Wildman–Crippen MR) is 125 cm³/mol. The van der Waals surface area contributed by atoms with Gasteiger partial charge in [0.2, 0.25) is 17.7 Å². The van der Waals surface area contributed by atoms with Crippen LogP contribution in [0, 0.1) is 11.8 Å². The van der Waals surface area contributed by atoms with E-state index in [4.69, 9.17) is 0 Å². The summed E-state index contributed by atoms with van der Waals surface area (Å²) in [7, 11) is 0. The second kappa shape index (κ2) is 10.1. The van der Waals surface area contributed by atoms with Crippen molar-refractivity contribution in [3.05, 3.63) is 29.8 Å². The van der Waals surface area contributed by atoms with Crippen LogP contribution in [0.25, 0.3) is 0 Å². The summed E-state index contributed by atoms with van der Waals surface area (Å²) < 4.78 is 0. The van der Waals surface area contributed by atoms with E-state index in [-0.39, 0.29) is 36.0 Å². The average Bonchev–Trinajstić information content (AvgIpc) is 3.24. The number of nitrogens with zero attached hydrogens (tertiary/aromatic N) is 3. The molecule has 0 N–H and O–H groups in total. The molecule has 0 aromatic heterocycles. The van der Waals surface area contributed by atoms with Crippen molar-refractivity contribution < 1.29 is 14.4 Å². The number of hydrogen-bond acceptors (Lipinski definition) is 3. The summed E-state index contributed by atoms with van der Waals surface area (Å²) in [4.78, 5) is 44.6. The van der Waals surface area contributed by atoms with Crippen LogP contribution in [0.15, 0.2) is 24.3 Å². The number of hydrogen-bond donors (Lipinski definition) is 0. The molecule has 2 atom stereocenters. The quantitative estimate of drug-likeness (QED) is 0.701. The van der Waals surface area contributed by atoms with Crippen LogP contribution in [-0.2, 0) is 14.4 Å². The molecule has 174 valence electrons. The van der Waals surface area contributed by atoms with Gasteiger partial charge >= 0.3 is 0 Å². The molecule has 3 aliphatic rings. The Morgan fingerprint density at radius 1 is 0.938 bits per heavy atom. The largest absolute Gasteiger partial charge is 0.342 e. The summed E-state index contributed by atoms with van der Waals surface area (Å²) in [5, 5.41) is 0. The van der Waals surface area contributed by atoms with E-state index in [0.29, 0.717) is 25.6 Å². The standard InChI is InChI=1S/C26H37N3O3/c1-3-19(2)22-9-5-6-10-23(22)29-18-21(17-24(29)30)26(32)28-15-11-20(12-16-28)25(31)27-13-7-4-8-14-27/h5-6,9-10,19-21H,3-4,7-8,11-18H2,1-2H3. The van der Waals surface area contributed by atoms with Crippen LogP contribution in [0.3, 0.4) is 0 Å². The van der Waals surface area contributed by atoms with Gasteiger partial charge in [0.25, 0.3) is 0 Å². The van der Waals surface area contributed by atoms with Crippen molar-refractivity contribution in [3.8, 4) is 0 Å². The summed E-state index contributed by atoms with van der Waals surface area (Å²) in [6.07, 6.45) is 6.19. The minimum atomic E-state index is -0.290. The fourth-order valence-electron chi connectivity index (χ4n) is 5.45. The lowest BCUT2D eigenvalue weighted by molar-refractivity contribution is -0.143. The third kappa shape index (κ3) is 4.69. The zero-order valence-electron chi connectivity index (χ0n) is 19.6. The van der Waals surface area contributed by atoms with Crippen molar-refractivity contribution in [2.75, 3.05) is 37.6 Å². The van der Waals surface area contributed by atoms with Crippen LogP contribution in [-0.4, -0.2) is 60.2 Å². The van der Waals surface area contributed by atoms with E-state index in [0.717, 1.165) is 50.9 Å². The average molecular weight is 440 g/mol. The predicted octanol–water partition coefficient (Wildman–Crippen LogP) is 3.80. The van der Waals surface area contributed by atoms with Gasteiger partial charge in [-0.05, 0) is 56.1 Å². The van der Waals surface area contributed by atoms with Gasteiger partial charge in [0.05, 0.1) is 5.92 Å². The first-order valence-corrected chi connectivity index (χ1v) is 12.5. The highest BCUT2D eigenvalue weighted by Crippen LogP contribution is 2.34. The summed E-state index contributed by atoms with van der Waals surface area (Å²) in [6.45, 7) is 7.80. The van der Waals surface area contributed by atoms with Gasteiger partial charge in [-0.2, -0.15) is 0 Å². The Kier molecular flexibility index (Phi) is 7.17. The number of rotatable bonds is 5. The molecular formula is C26H37N3O3. The lowest BCUT2D eigenvalue weighted by Gasteiger charge is -2.36. The molecule has 0 radical (unpaired) electrons. The SMILES string of the molecule is CCC(C)c1ccccc1N1CC(C(=O)N2CCC(C(=O)N3CCCCC3)CC2)CC1=O. The van der Waals surface area contributed by atoms with E-state index < -0.39 is 0 Å². The summed E-state index contributed by atoms with van der Waals surface area (Å²) in [5.41, 5.74) is 2.13. The van der Waals surface area contributed by atoms with E-state index >= 15 is 0 Å². The molecule has 0 bridgehead atoms. The van der Waals surface area contributed by atoms with E-state index in [9.17, 15) is 14.4 Å². The molecule has 32 heavy (non-hydrogen) atoms. The molecule has 2 unspecified atom stereocenters. The minimum absolute atomic E-state index is 0.0364. The van der Waals surface area contributed by atoms with Crippen molar-refractivity contribution >= 4 is 23.4 Å². The number of likely N-dealkylation sites (tertiary alicyclic amines) is 2. The molecule has 1 aromatic rings. The first-order valence-electron chi connectivity index (χ1n) is 12.5. The first-order chi connectivity index (χ1) is 15.5. The highest BCUT2D eigenvalue weighted by molar-refractivity contribution is 6.01. The maximum absolute atomic E-state index is 13.2. The van der Waals surface area contributed by atoms with Gasteiger partial charge in [-0.3, -0.25) is 14.4 Å². The second-order valence-electron chi connectivity index (χ2n) is 9.76. The zero-order valence-corrected chi connectivity index (χ0v) is 19.6. The summed E-state index contributed by atoms with van der Waals surface area (Å²) >= 11 is 0. The molecule has 3 aliphatic heterocycles. The second-order valence-corrected chi connectivity index (χ2v) is 9.76. The third-order valence-electron chi connectivity index (χ3n) is 7.67. The van der Waals surface area contributed by atoms with Gasteiger partial charge in [-0.15, -0.1) is 0 Å². The molecule has 3 fully saturated rings. The number of amides is 3. The number of carbonyl (C=O) groups is 3. The smallest absolute Gasteiger partial charge is 0.228 e. The number of benzene rings is 1. The summed E-state index contributed by atoms with van der Waals surface area (Å²) in [5.74, 6) is 0.508. The minimum Gasteiger partial charge on any atom is -0.342 e. The molecule has 3 saturated heterocycles. The van der Waals surface area contributed by atoms with E-state index in [2.05, 4.69) is 19.9 Å². The molecule has 0 saturated carbocycles. The van der Waals surface area contributed by atoms with Crippen LogP contribution in [0.4, 0.5) is 5.69 Å². The van der Waals surface area contributed by atoms with Crippen molar-refractivity contribution in [2.45, 2.75) is 64.7 Å². The molecule has 3 amide bonds. The Morgan fingerprint density at radius 2 is 1.56 bits per heavy atom. The summed E-state index contributed by atoms with van der Waals surface area (Å²) in [6, 6.07) is 8.08. The number of carbonyl (C=O) groups excluding carboxylic acids is 3. The van der Waals surface area contributed by atoms with Crippen molar-refractivity contribution in [3.63, 3.8) is 0 Å². The lowest BCUT2D eigenvalue weighted by atomic mass is 9.93. The molecule has 4 rings (SSSR count). The highest BCUT2D eigenvalue weighted by atomic mass is 16.2. The van der Waals surface area contributed by atoms with E-state index in [1.54, 1.807) is 0 Å². The molecular weight excluding hydrogens is 402 g/mol. The highest BCUT2D eigenvalue weighted by Gasteiger charge is 2.39. The monoisotopic (exact) mass is 439 g/mol. The molecule has 6 heteroatoms. The Labute approximate surface area is 191 Å². The fourth-order valence-corrected chi connectivity index (χ4v) is 5.45. The molecule has 1 aromatic carbocycles. The van der Waals surface area contributed by atoms with Crippen molar-refractivity contribution in [1.82, 2.24) is 9.80 Å². The van der Waals surface area contributed by atoms with Gasteiger partial charge < -0.3 is 14.7 Å². The lowest BCUT2D eigenvalue weighted by Crippen LogP contribution is -2.47.